The Hall–Kier alpha value is -5.20. The number of halogens is 1. The molecule has 1 atom stereocenters. The number of methoxy groups -OCH3 is 2. The number of fused-ring (bicyclic) bond motifs is 1. The third kappa shape index (κ3) is 6.88. The van der Waals surface area contributed by atoms with Crippen molar-refractivity contribution in [2.75, 3.05) is 21.0 Å². The van der Waals surface area contributed by atoms with Crippen molar-refractivity contribution in [3.05, 3.63) is 77.6 Å². The van der Waals surface area contributed by atoms with Gasteiger partial charge in [-0.1, -0.05) is 18.2 Å². The lowest BCUT2D eigenvalue weighted by Gasteiger charge is -2.33. The summed E-state index contributed by atoms with van der Waals surface area (Å²) in [6, 6.07) is 14.8. The maximum absolute atomic E-state index is 14.1. The van der Waals surface area contributed by atoms with Gasteiger partial charge in [0.15, 0.2) is 23.0 Å². The van der Waals surface area contributed by atoms with Gasteiger partial charge in [-0.25, -0.2) is 4.39 Å². The lowest BCUT2D eigenvalue weighted by atomic mass is 10.0. The highest BCUT2D eigenvalue weighted by Crippen LogP contribution is 2.34. The van der Waals surface area contributed by atoms with Crippen molar-refractivity contribution in [3.8, 4) is 34.4 Å². The van der Waals surface area contributed by atoms with Gasteiger partial charge in [-0.15, -0.1) is 10.2 Å². The summed E-state index contributed by atoms with van der Waals surface area (Å²) in [6.45, 7) is 5.30. The van der Waals surface area contributed by atoms with Crippen LogP contribution < -0.4 is 24.3 Å². The van der Waals surface area contributed by atoms with Crippen LogP contribution in [0.15, 0.2) is 60.7 Å². The molecule has 44 heavy (non-hydrogen) atoms. The molecule has 0 bridgehead atoms. The van der Waals surface area contributed by atoms with Gasteiger partial charge < -0.3 is 29.2 Å². The van der Waals surface area contributed by atoms with Gasteiger partial charge >= 0.3 is 0 Å². The molecule has 0 spiro atoms. The number of carbonyl (C=O) groups excluding carboxylic acids is 2. The van der Waals surface area contributed by atoms with Crippen LogP contribution in [0, 0.1) is 5.82 Å². The summed E-state index contributed by atoms with van der Waals surface area (Å²) in [4.78, 5) is 30.5. The summed E-state index contributed by atoms with van der Waals surface area (Å²) in [6.07, 6.45) is 0. The van der Waals surface area contributed by atoms with Crippen LogP contribution in [0.5, 0.6) is 23.0 Å². The number of amides is 2. The van der Waals surface area contributed by atoms with Gasteiger partial charge in [0.25, 0.3) is 0 Å². The van der Waals surface area contributed by atoms with Gasteiger partial charge in [-0.3, -0.25) is 9.59 Å². The number of hydrogen-bond donors (Lipinski definition) is 1. The van der Waals surface area contributed by atoms with Crippen molar-refractivity contribution in [3.63, 3.8) is 0 Å². The Balaban J connectivity index is 1.49. The highest BCUT2D eigenvalue weighted by molar-refractivity contribution is 5.89. The van der Waals surface area contributed by atoms with Crippen LogP contribution in [-0.2, 0) is 22.7 Å². The molecule has 0 radical (unpaired) electrons. The third-order valence-corrected chi connectivity index (χ3v) is 6.73. The monoisotopic (exact) mass is 604 g/mol. The molecule has 0 fully saturated rings. The van der Waals surface area contributed by atoms with E-state index in [0.717, 1.165) is 4.80 Å². The fraction of sp³-hybridized carbons (Fsp3) is 0.323. The Bertz CT molecular complexity index is 1650. The Labute approximate surface area is 253 Å². The molecule has 1 aliphatic heterocycles. The molecular weight excluding hydrogens is 571 g/mol. The maximum Gasteiger partial charge on any atom is 0.247 e. The van der Waals surface area contributed by atoms with E-state index in [1.54, 1.807) is 36.4 Å². The molecule has 1 aromatic heterocycles. The fourth-order valence-electron chi connectivity index (χ4n) is 4.73. The average molecular weight is 605 g/mol. The molecule has 13 heteroatoms. The molecule has 1 N–H and O–H groups in total. The van der Waals surface area contributed by atoms with Gasteiger partial charge in [-0.2, -0.15) is 4.80 Å². The van der Waals surface area contributed by atoms with Crippen LogP contribution in [0.25, 0.3) is 11.4 Å². The van der Waals surface area contributed by atoms with E-state index < -0.39 is 29.2 Å². The predicted molar refractivity (Wildman–Crippen MR) is 157 cm³/mol. The average Bonchev–Trinajstić information content (AvgIpc) is 3.66. The second-order valence-electron chi connectivity index (χ2n) is 11.1. The smallest absolute Gasteiger partial charge is 0.247 e. The molecule has 3 aromatic carbocycles. The minimum absolute atomic E-state index is 0.0202. The zero-order valence-electron chi connectivity index (χ0n) is 25.0. The fourth-order valence-corrected chi connectivity index (χ4v) is 4.73. The Morgan fingerprint density at radius 3 is 2.43 bits per heavy atom. The molecule has 2 heterocycles. The molecule has 12 nitrogen and oxygen atoms in total. The van der Waals surface area contributed by atoms with Crippen LogP contribution in [0.2, 0.25) is 0 Å². The van der Waals surface area contributed by atoms with Gasteiger partial charge in [-0.05, 0) is 79.6 Å². The van der Waals surface area contributed by atoms with Gasteiger partial charge in [0.1, 0.15) is 18.4 Å². The molecule has 5 rings (SSSR count). The summed E-state index contributed by atoms with van der Waals surface area (Å²) < 4.78 is 35.5. The van der Waals surface area contributed by atoms with Crippen LogP contribution in [-0.4, -0.2) is 63.5 Å². The molecule has 230 valence electrons. The quantitative estimate of drug-likeness (QED) is 0.286. The van der Waals surface area contributed by atoms with E-state index in [1.807, 2.05) is 20.8 Å². The molecule has 4 aromatic rings. The first-order chi connectivity index (χ1) is 21.0. The second-order valence-corrected chi connectivity index (χ2v) is 11.1. The molecule has 0 unspecified atom stereocenters. The summed E-state index contributed by atoms with van der Waals surface area (Å²) >= 11 is 0. The molecule has 1 aliphatic rings. The number of rotatable bonds is 10. The highest BCUT2D eigenvalue weighted by atomic mass is 19.1. The number of nitrogens with one attached hydrogen (secondary N) is 1. The van der Waals surface area contributed by atoms with Crippen molar-refractivity contribution < 1.29 is 32.9 Å². The molecule has 0 saturated carbocycles. The Morgan fingerprint density at radius 1 is 1.00 bits per heavy atom. The zero-order chi connectivity index (χ0) is 31.4. The second kappa shape index (κ2) is 12.6. The number of ether oxygens (including phenoxy) is 4. The SMILES string of the molecule is COc1ccc(-c2nnn(CC(=O)N(Cc3ccc4c(c3)OCO4)[C@@H](C(=O)NC(C)(C)C)c3ccc(F)cc3)n2)cc1OC. The number of nitrogens with zero attached hydrogens (tertiary/aromatic N) is 5. The first-order valence-electron chi connectivity index (χ1n) is 13.8. The van der Waals surface area contributed by atoms with Gasteiger partial charge in [0, 0.05) is 17.6 Å². The van der Waals surface area contributed by atoms with Crippen LogP contribution in [0.4, 0.5) is 4.39 Å². The van der Waals surface area contributed by atoms with E-state index in [4.69, 9.17) is 18.9 Å². The topological polar surface area (TPSA) is 130 Å². The number of benzene rings is 3. The number of tetrazole rings is 1. The summed E-state index contributed by atoms with van der Waals surface area (Å²) in [5.41, 5.74) is 1.12. The summed E-state index contributed by atoms with van der Waals surface area (Å²) in [7, 11) is 3.06. The molecule has 0 aliphatic carbocycles. The lowest BCUT2D eigenvalue weighted by molar-refractivity contribution is -0.143. The van der Waals surface area contributed by atoms with E-state index in [2.05, 4.69) is 20.7 Å². The van der Waals surface area contributed by atoms with E-state index in [9.17, 15) is 14.0 Å². The van der Waals surface area contributed by atoms with E-state index >= 15 is 0 Å². The van der Waals surface area contributed by atoms with Crippen molar-refractivity contribution in [1.82, 2.24) is 30.4 Å². The number of aromatic nitrogens is 4. The largest absolute Gasteiger partial charge is 0.493 e. The minimum atomic E-state index is -1.11. The van der Waals surface area contributed by atoms with Crippen molar-refractivity contribution in [2.24, 2.45) is 0 Å². The van der Waals surface area contributed by atoms with Crippen molar-refractivity contribution in [2.45, 2.75) is 45.4 Å². The normalized spacial score (nSPS) is 12.9. The van der Waals surface area contributed by atoms with Gasteiger partial charge in [0.05, 0.1) is 14.2 Å². The Morgan fingerprint density at radius 2 is 1.73 bits per heavy atom. The standard InChI is InChI=1S/C31H33FN6O6/c1-31(2,3)33-30(40)28(20-7-10-22(32)11-8-20)37(16-19-6-12-24-26(14-19)44-18-43-24)27(39)17-38-35-29(34-36-38)21-9-13-23(41-4)25(15-21)42-5/h6-15,28H,16-18H2,1-5H3,(H,33,40)/t28-/m1/s1. The minimum Gasteiger partial charge on any atom is -0.493 e. The van der Waals surface area contributed by atoms with Crippen LogP contribution in [0.1, 0.15) is 37.9 Å². The first kappa shape index (κ1) is 30.3. The first-order valence-corrected chi connectivity index (χ1v) is 13.8. The van der Waals surface area contributed by atoms with E-state index in [0.29, 0.717) is 39.7 Å². The highest BCUT2D eigenvalue weighted by Gasteiger charge is 2.34. The van der Waals surface area contributed by atoms with E-state index in [-0.39, 0.29) is 25.7 Å². The van der Waals surface area contributed by atoms with Crippen molar-refractivity contribution in [1.29, 1.82) is 0 Å². The predicted octanol–water partition coefficient (Wildman–Crippen LogP) is 3.91. The van der Waals surface area contributed by atoms with E-state index in [1.165, 1.54) is 43.4 Å². The number of carbonyl (C=O) groups is 2. The molecular formula is C31H33FN6O6. The number of hydrogen-bond acceptors (Lipinski definition) is 9. The van der Waals surface area contributed by atoms with Crippen LogP contribution in [0.3, 0.4) is 0 Å². The Kier molecular flexibility index (Phi) is 8.65. The van der Waals surface area contributed by atoms with Crippen molar-refractivity contribution >= 4 is 11.8 Å². The maximum atomic E-state index is 14.1. The molecule has 0 saturated heterocycles. The third-order valence-electron chi connectivity index (χ3n) is 6.73. The molecule has 2 amide bonds. The lowest BCUT2D eigenvalue weighted by Crippen LogP contribution is -2.49. The van der Waals surface area contributed by atoms with Crippen LogP contribution >= 0.6 is 0 Å². The zero-order valence-corrected chi connectivity index (χ0v) is 25.0. The van der Waals surface area contributed by atoms with Gasteiger partial charge in [0.2, 0.25) is 24.4 Å². The summed E-state index contributed by atoms with van der Waals surface area (Å²) in [5, 5.41) is 15.6. The summed E-state index contributed by atoms with van der Waals surface area (Å²) in [5.74, 6) is 1.03.